The summed E-state index contributed by atoms with van der Waals surface area (Å²) in [5, 5.41) is 3.29. The lowest BCUT2D eigenvalue weighted by molar-refractivity contribution is -0.139. The van der Waals surface area contributed by atoms with Gasteiger partial charge < -0.3 is 10.2 Å². The Labute approximate surface area is 235 Å². The molecule has 3 rings (SSSR count). The number of halogens is 4. The minimum absolute atomic E-state index is 0.0218. The molecule has 1 aliphatic carbocycles. The van der Waals surface area contributed by atoms with Gasteiger partial charge in [0.15, 0.2) is 0 Å². The molecule has 0 aromatic heterocycles. The molecule has 0 spiro atoms. The van der Waals surface area contributed by atoms with E-state index in [4.69, 9.17) is 34.8 Å². The zero-order valence-electron chi connectivity index (χ0n) is 19.8. The van der Waals surface area contributed by atoms with Gasteiger partial charge in [0.25, 0.3) is 0 Å². The van der Waals surface area contributed by atoms with E-state index in [1.807, 2.05) is 24.3 Å². The molecule has 1 atom stereocenters. The summed E-state index contributed by atoms with van der Waals surface area (Å²) < 4.78 is 27.1. The quantitative estimate of drug-likeness (QED) is 0.360. The molecule has 1 fully saturated rings. The molecule has 0 unspecified atom stereocenters. The maximum Gasteiger partial charge on any atom is 0.244 e. The normalized spacial score (nSPS) is 14.9. The number of hydrogen-bond acceptors (Lipinski definition) is 4. The average molecular weight is 640 g/mol. The predicted octanol–water partition coefficient (Wildman–Crippen LogP) is 5.65. The molecule has 2 aromatic rings. The van der Waals surface area contributed by atoms with Crippen molar-refractivity contribution in [3.05, 3.63) is 61.5 Å². The van der Waals surface area contributed by atoms with Crippen molar-refractivity contribution >= 4 is 78.3 Å². The second-order valence-electron chi connectivity index (χ2n) is 8.80. The van der Waals surface area contributed by atoms with Crippen LogP contribution in [0.3, 0.4) is 0 Å². The van der Waals surface area contributed by atoms with E-state index >= 15 is 0 Å². The van der Waals surface area contributed by atoms with Gasteiger partial charge >= 0.3 is 0 Å². The maximum atomic E-state index is 13.6. The van der Waals surface area contributed by atoms with E-state index in [1.54, 1.807) is 6.92 Å². The van der Waals surface area contributed by atoms with Crippen molar-refractivity contribution in [1.29, 1.82) is 0 Å². The Morgan fingerprint density at radius 2 is 1.64 bits per heavy atom. The van der Waals surface area contributed by atoms with Gasteiger partial charge in [-0.25, -0.2) is 8.42 Å². The Hall–Kier alpha value is -1.52. The van der Waals surface area contributed by atoms with Crippen LogP contribution in [0, 0.1) is 0 Å². The molecule has 12 heteroatoms. The molecule has 0 bridgehead atoms. The van der Waals surface area contributed by atoms with Crippen molar-refractivity contribution in [3.63, 3.8) is 0 Å². The first-order chi connectivity index (χ1) is 16.9. The van der Waals surface area contributed by atoms with Crippen LogP contribution in [0.25, 0.3) is 0 Å². The Morgan fingerprint density at radius 3 is 2.22 bits per heavy atom. The summed E-state index contributed by atoms with van der Waals surface area (Å²) in [7, 11) is -3.95. The molecule has 2 aromatic carbocycles. The van der Waals surface area contributed by atoms with Crippen LogP contribution in [-0.2, 0) is 26.2 Å². The van der Waals surface area contributed by atoms with Crippen LogP contribution >= 0.6 is 50.7 Å². The number of anilines is 1. The highest BCUT2D eigenvalue weighted by Gasteiger charge is 2.32. The van der Waals surface area contributed by atoms with Crippen LogP contribution in [0.15, 0.2) is 40.9 Å². The van der Waals surface area contributed by atoms with E-state index in [2.05, 4.69) is 21.2 Å². The standard InChI is InChI=1S/C24H27BrCl3N3O4S/c1-15(24(33)29-18-5-3-4-6-18)30(13-16-7-9-17(25)10-8-16)23(32)14-31(36(2,34)35)22-12-20(27)19(26)11-21(22)28/h7-12,15,18H,3-6,13-14H2,1-2H3,(H,29,33)/t15-/m1/s1. The third-order valence-corrected chi connectivity index (χ3v) is 8.75. The lowest BCUT2D eigenvalue weighted by atomic mass is 10.1. The summed E-state index contributed by atoms with van der Waals surface area (Å²) in [5.74, 6) is -0.856. The highest BCUT2D eigenvalue weighted by atomic mass is 79.9. The summed E-state index contributed by atoms with van der Waals surface area (Å²) in [5.41, 5.74) is 0.805. The first-order valence-corrected chi connectivity index (χ1v) is 15.1. The van der Waals surface area contributed by atoms with Gasteiger partial charge in [-0.05, 0) is 49.6 Å². The van der Waals surface area contributed by atoms with E-state index in [1.165, 1.54) is 17.0 Å². The number of carbonyl (C=O) groups is 2. The van der Waals surface area contributed by atoms with E-state index in [9.17, 15) is 18.0 Å². The fraction of sp³-hybridized carbons (Fsp3) is 0.417. The summed E-state index contributed by atoms with van der Waals surface area (Å²) in [6.07, 6.45) is 4.87. The first kappa shape index (κ1) is 29.0. The number of hydrogen-bond donors (Lipinski definition) is 1. The van der Waals surface area contributed by atoms with E-state index in [0.717, 1.165) is 46.3 Å². The minimum atomic E-state index is -3.95. The SMILES string of the molecule is C[C@H](C(=O)NC1CCCC1)N(Cc1ccc(Br)cc1)C(=O)CN(c1cc(Cl)c(Cl)cc1Cl)S(C)(=O)=O. The molecule has 0 radical (unpaired) electrons. The third-order valence-electron chi connectivity index (χ3n) is 6.07. The fourth-order valence-corrected chi connectivity index (χ4v) is 5.87. The number of nitrogens with zero attached hydrogens (tertiary/aromatic N) is 2. The van der Waals surface area contributed by atoms with E-state index < -0.39 is 28.5 Å². The lowest BCUT2D eigenvalue weighted by Crippen LogP contribution is -2.52. The van der Waals surface area contributed by atoms with Gasteiger partial charge in [-0.2, -0.15) is 0 Å². The molecule has 1 aliphatic rings. The maximum absolute atomic E-state index is 13.6. The van der Waals surface area contributed by atoms with Crippen molar-refractivity contribution < 1.29 is 18.0 Å². The molecule has 196 valence electrons. The number of sulfonamides is 1. The van der Waals surface area contributed by atoms with Crippen LogP contribution < -0.4 is 9.62 Å². The van der Waals surface area contributed by atoms with Crippen LogP contribution in [0.1, 0.15) is 38.2 Å². The zero-order chi connectivity index (χ0) is 26.6. The highest BCUT2D eigenvalue weighted by Crippen LogP contribution is 2.35. The lowest BCUT2D eigenvalue weighted by Gasteiger charge is -2.32. The summed E-state index contributed by atoms with van der Waals surface area (Å²) in [6, 6.07) is 9.18. The highest BCUT2D eigenvalue weighted by molar-refractivity contribution is 9.10. The van der Waals surface area contributed by atoms with Gasteiger partial charge in [-0.15, -0.1) is 0 Å². The molecule has 1 saturated carbocycles. The van der Waals surface area contributed by atoms with Crippen LogP contribution in [-0.4, -0.2) is 50.0 Å². The molecule has 0 aliphatic heterocycles. The second-order valence-corrected chi connectivity index (χ2v) is 12.8. The van der Waals surface area contributed by atoms with Crippen LogP contribution in [0.4, 0.5) is 5.69 Å². The van der Waals surface area contributed by atoms with Crippen LogP contribution in [0.5, 0.6) is 0 Å². The largest absolute Gasteiger partial charge is 0.352 e. The van der Waals surface area contributed by atoms with Crippen molar-refractivity contribution in [2.45, 2.75) is 51.2 Å². The fourth-order valence-electron chi connectivity index (χ4n) is 4.06. The number of rotatable bonds is 9. The van der Waals surface area contributed by atoms with E-state index in [0.29, 0.717) is 0 Å². The minimum Gasteiger partial charge on any atom is -0.352 e. The molecular weight excluding hydrogens is 613 g/mol. The Bertz CT molecular complexity index is 1220. The second kappa shape index (κ2) is 12.3. The number of nitrogens with one attached hydrogen (secondary N) is 1. The average Bonchev–Trinajstić information content (AvgIpc) is 3.31. The summed E-state index contributed by atoms with van der Waals surface area (Å²) in [6.45, 7) is 1.17. The van der Waals surface area contributed by atoms with Gasteiger partial charge in [0.2, 0.25) is 21.8 Å². The van der Waals surface area contributed by atoms with E-state index in [-0.39, 0.29) is 39.2 Å². The molecular formula is C24H27BrCl3N3O4S. The smallest absolute Gasteiger partial charge is 0.244 e. The Balaban J connectivity index is 1.92. The first-order valence-electron chi connectivity index (χ1n) is 11.3. The monoisotopic (exact) mass is 637 g/mol. The predicted molar refractivity (Wildman–Crippen MR) is 148 cm³/mol. The van der Waals surface area contributed by atoms with Gasteiger partial charge in [-0.3, -0.25) is 13.9 Å². The molecule has 0 saturated heterocycles. The van der Waals surface area contributed by atoms with Crippen molar-refractivity contribution in [2.75, 3.05) is 17.1 Å². The zero-order valence-corrected chi connectivity index (χ0v) is 24.5. The summed E-state index contributed by atoms with van der Waals surface area (Å²) >= 11 is 21.8. The van der Waals surface area contributed by atoms with Crippen molar-refractivity contribution in [2.24, 2.45) is 0 Å². The molecule has 36 heavy (non-hydrogen) atoms. The number of carbonyl (C=O) groups excluding carboxylic acids is 2. The molecule has 7 nitrogen and oxygen atoms in total. The van der Waals surface area contributed by atoms with Gasteiger partial charge in [0.1, 0.15) is 12.6 Å². The van der Waals surface area contributed by atoms with Gasteiger partial charge in [0, 0.05) is 17.1 Å². The van der Waals surface area contributed by atoms with Gasteiger partial charge in [0.05, 0.1) is 27.0 Å². The molecule has 0 heterocycles. The topological polar surface area (TPSA) is 86.8 Å². The molecule has 2 amide bonds. The number of benzene rings is 2. The van der Waals surface area contributed by atoms with Crippen molar-refractivity contribution in [3.8, 4) is 0 Å². The van der Waals surface area contributed by atoms with Gasteiger partial charge in [-0.1, -0.05) is 75.7 Å². The molecule has 1 N–H and O–H groups in total. The third kappa shape index (κ3) is 7.51. The number of amides is 2. The Kier molecular flexibility index (Phi) is 9.96. The van der Waals surface area contributed by atoms with Crippen molar-refractivity contribution in [1.82, 2.24) is 10.2 Å². The summed E-state index contributed by atoms with van der Waals surface area (Å²) in [4.78, 5) is 28.1. The Morgan fingerprint density at radius 1 is 1.06 bits per heavy atom. The van der Waals surface area contributed by atoms with Crippen LogP contribution in [0.2, 0.25) is 15.1 Å².